The van der Waals surface area contributed by atoms with Crippen molar-refractivity contribution in [3.63, 3.8) is 0 Å². The number of rotatable bonds is 3. The van der Waals surface area contributed by atoms with E-state index in [-0.39, 0.29) is 43.0 Å². The zero-order valence-corrected chi connectivity index (χ0v) is 61.7. The van der Waals surface area contributed by atoms with E-state index in [1.54, 1.807) is 13.8 Å². The largest absolute Gasteiger partial charge is 0.394 e. The average molecular weight is 1260 g/mol. The molecule has 0 saturated heterocycles. The molecule has 0 aromatic heterocycles. The second-order valence-electron chi connectivity index (χ2n) is 10.0. The molecule has 0 radical (unpaired) electrons. The molecule has 0 aliphatic heterocycles. The van der Waals surface area contributed by atoms with E-state index in [4.69, 9.17) is 62.6 Å². The first kappa shape index (κ1) is 227. The normalized spacial score (nSPS) is 4.89. The Bertz CT molecular complexity index is 704. The van der Waals surface area contributed by atoms with Gasteiger partial charge in [0.2, 0.25) is 0 Å². The van der Waals surface area contributed by atoms with E-state index in [0.29, 0.717) is 0 Å². The third-order valence-electron chi connectivity index (χ3n) is 3.32. The van der Waals surface area contributed by atoms with Crippen LogP contribution in [-0.2, 0) is 70.4 Å². The molecule has 0 saturated carbocycles. The maximum atomic E-state index is 8.06. The number of aryl methyl sites for hydroxylation is 2. The summed E-state index contributed by atoms with van der Waals surface area (Å²) in [4.78, 5) is 96.0. The van der Waals surface area contributed by atoms with Gasteiger partial charge in [-0.2, -0.15) is 0 Å². The number of carbonyl (C=O) groups is 12. The third kappa shape index (κ3) is 1770. The van der Waals surface area contributed by atoms with Crippen molar-refractivity contribution >= 4 is 81.5 Å². The van der Waals surface area contributed by atoms with Crippen LogP contribution in [0.25, 0.3) is 0 Å². The van der Waals surface area contributed by atoms with Gasteiger partial charge in [-0.25, -0.2) is 0 Å². The third-order valence-corrected chi connectivity index (χ3v) is 3.32. The Kier molecular flexibility index (Phi) is 1980. The lowest BCUT2D eigenvalue weighted by Crippen LogP contribution is -1.85. The minimum absolute atomic E-state index is 0. The van der Waals surface area contributed by atoms with Gasteiger partial charge in [0, 0.05) is 6.10 Å². The van der Waals surface area contributed by atoms with Gasteiger partial charge in [-0.3, -0.25) is 0 Å². The Morgan fingerprint density at radius 2 is 0.353 bits per heavy atom. The molecule has 2 aromatic carbocycles. The summed E-state index contributed by atoms with van der Waals surface area (Å²) in [7, 11) is 9.00. The van der Waals surface area contributed by atoms with Crippen LogP contribution in [0, 0.1) is 17.8 Å². The van der Waals surface area contributed by atoms with Crippen molar-refractivity contribution in [3.8, 4) is 0 Å². The molecule has 85 heavy (non-hydrogen) atoms. The summed E-state index contributed by atoms with van der Waals surface area (Å²) in [5, 5.41) is 8.06. The van der Waals surface area contributed by atoms with Crippen molar-refractivity contribution in [1.82, 2.24) is 36.9 Å². The molecule has 0 aliphatic carbocycles. The lowest BCUT2D eigenvalue weighted by molar-refractivity contribution is -0.0987. The van der Waals surface area contributed by atoms with Crippen LogP contribution in [0.5, 0.6) is 0 Å². The van der Waals surface area contributed by atoms with Crippen molar-refractivity contribution in [3.05, 3.63) is 71.8 Å². The Labute approximate surface area is 530 Å². The summed E-state index contributed by atoms with van der Waals surface area (Å²) in [6.45, 7) is 71.4. The Balaban J connectivity index is -0.0000000108. The van der Waals surface area contributed by atoms with E-state index in [1.165, 1.54) is 59.8 Å². The summed E-state index contributed by atoms with van der Waals surface area (Å²) < 4.78 is 0. The molecular weight excluding hydrogens is 1100 g/mol. The molecular formula is C60H162N12O13. The van der Waals surface area contributed by atoms with Gasteiger partial charge in [-0.05, 0) is 97.9 Å². The number of hydrogen-bond acceptors (Lipinski definition) is 25. The highest BCUT2D eigenvalue weighted by Gasteiger charge is 1.81. The Morgan fingerprint density at radius 3 is 0.388 bits per heavy atom. The number of hydrogen-bond donors (Lipinski definition) is 13. The number of benzene rings is 2. The van der Waals surface area contributed by atoms with Gasteiger partial charge < -0.3 is 134 Å². The molecule has 540 valence electrons. The Hall–Kier alpha value is -6.04. The fraction of sp³-hybridized carbons (Fsp3) is 0.600. The number of carbonyl (C=O) groups excluding carboxylic acids is 12. The molecule has 2 aromatic rings. The SMILES string of the molecule is C=O.C=O.C=O.C=O.C=O.C=O.C=O.C=O.C=O.C=O.C=O.C=O.CC.CC.CC.CC.CC.CC(C)C.CC(C)C.CC(C)O.CCC(C)C.CCc1ccccc1.CCc1ccccc1.CN.CN.CN.CN.CN.CN.N.N.N.N.N.N. The molecule has 31 N–H and O–H groups in total. The standard InChI is InChI=1S/2C8H10.C5H12.2C4H10.C3H8O.5C2H6.6CH5N.12CH2O.6H3N/c2*1-2-8-6-4-3-5-7-8;1-4-5(2)3;2*1-4(2)3;1-3(2)4;23*1-2;;;;;;/h2*3-7H,2H2,1H3;5H,4H2,1-3H3;2*4H,1-3H3;3-4H,1-2H3;5*1-2H3;6*2H2,1H3;12*1H2;6*1H3. The molecule has 0 fully saturated rings. The molecule has 0 unspecified atom stereocenters. The van der Waals surface area contributed by atoms with Crippen molar-refractivity contribution in [2.75, 3.05) is 42.3 Å². The highest BCUT2D eigenvalue weighted by atomic mass is 16.3. The second-order valence-corrected chi connectivity index (χ2v) is 10.0. The van der Waals surface area contributed by atoms with Crippen molar-refractivity contribution in [2.24, 2.45) is 52.2 Å². The molecule has 0 atom stereocenters. The first-order valence-electron chi connectivity index (χ1n) is 25.0. The van der Waals surface area contributed by atoms with Crippen molar-refractivity contribution in [1.29, 1.82) is 0 Å². The fourth-order valence-corrected chi connectivity index (χ4v) is 1.43. The van der Waals surface area contributed by atoms with Crippen LogP contribution in [-0.4, -0.2) is 135 Å². The minimum atomic E-state index is -0.167. The van der Waals surface area contributed by atoms with Crippen LogP contribution < -0.4 is 71.3 Å². The minimum Gasteiger partial charge on any atom is -0.394 e. The summed E-state index contributed by atoms with van der Waals surface area (Å²) >= 11 is 0. The van der Waals surface area contributed by atoms with Gasteiger partial charge in [0.05, 0.1) is 0 Å². The second kappa shape index (κ2) is 741. The first-order chi connectivity index (χ1) is 38.3. The van der Waals surface area contributed by atoms with E-state index in [1.807, 2.05) is 163 Å². The van der Waals surface area contributed by atoms with E-state index in [9.17, 15) is 0 Å². The zero-order chi connectivity index (χ0) is 72.7. The maximum absolute atomic E-state index is 8.06. The molecule has 25 nitrogen and oxygen atoms in total. The predicted molar refractivity (Wildman–Crippen MR) is 388 cm³/mol. The summed E-state index contributed by atoms with van der Waals surface area (Å²) in [6, 6.07) is 20.9. The van der Waals surface area contributed by atoms with Gasteiger partial charge in [0.25, 0.3) is 0 Å². The molecule has 0 aliphatic rings. The van der Waals surface area contributed by atoms with Gasteiger partial charge in [-0.15, -0.1) is 0 Å². The van der Waals surface area contributed by atoms with Crippen LogP contribution in [0.3, 0.4) is 0 Å². The number of aliphatic hydroxyl groups is 1. The molecule has 2 rings (SSSR count). The molecule has 0 bridgehead atoms. The molecule has 0 amide bonds. The highest BCUT2D eigenvalue weighted by molar-refractivity contribution is 5.15. The number of aliphatic hydroxyl groups excluding tert-OH is 1. The lowest BCUT2D eigenvalue weighted by atomic mass is 10.2. The highest BCUT2D eigenvalue weighted by Crippen LogP contribution is 1.97. The van der Waals surface area contributed by atoms with E-state index < -0.39 is 0 Å². The van der Waals surface area contributed by atoms with Crippen LogP contribution in [0.1, 0.15) is 177 Å². The fourth-order valence-electron chi connectivity index (χ4n) is 1.43. The summed E-state index contributed by atoms with van der Waals surface area (Å²) in [5.74, 6) is 2.55. The first-order valence-corrected chi connectivity index (χ1v) is 25.0. The number of nitrogens with two attached hydrogens (primary N) is 6. The van der Waals surface area contributed by atoms with Gasteiger partial charge >= 0.3 is 0 Å². The summed E-state index contributed by atoms with van der Waals surface area (Å²) in [6.07, 6.45) is 3.42. The van der Waals surface area contributed by atoms with E-state index in [2.05, 4.69) is 159 Å². The molecule has 0 spiro atoms. The predicted octanol–water partition coefficient (Wildman–Crippen LogP) is 11.6. The molecule has 25 heteroatoms. The van der Waals surface area contributed by atoms with Crippen molar-refractivity contribution in [2.45, 2.75) is 185 Å². The summed E-state index contributed by atoms with van der Waals surface area (Å²) in [5.41, 5.74) is 29.8. The van der Waals surface area contributed by atoms with Crippen molar-refractivity contribution < 1.29 is 62.6 Å². The van der Waals surface area contributed by atoms with Crippen LogP contribution >= 0.6 is 0 Å². The average Bonchev–Trinajstić information content (AvgIpc) is 3.58. The van der Waals surface area contributed by atoms with E-state index in [0.717, 1.165) is 30.6 Å². The molecule has 0 heterocycles. The van der Waals surface area contributed by atoms with Gasteiger partial charge in [0.1, 0.15) is 81.5 Å². The topological polar surface area (TPSA) is 591 Å². The van der Waals surface area contributed by atoms with Crippen LogP contribution in [0.4, 0.5) is 0 Å². The Morgan fingerprint density at radius 1 is 0.282 bits per heavy atom. The van der Waals surface area contributed by atoms with Gasteiger partial charge in [0.15, 0.2) is 0 Å². The maximum Gasteiger partial charge on any atom is 0.106 e. The van der Waals surface area contributed by atoms with Gasteiger partial charge in [-0.1, -0.05) is 212 Å². The monoisotopic (exact) mass is 1260 g/mol. The smallest absolute Gasteiger partial charge is 0.106 e. The van der Waals surface area contributed by atoms with E-state index >= 15 is 0 Å². The zero-order valence-electron chi connectivity index (χ0n) is 61.7. The van der Waals surface area contributed by atoms with Crippen LogP contribution in [0.2, 0.25) is 0 Å². The quantitative estimate of drug-likeness (QED) is 0.136. The van der Waals surface area contributed by atoms with Crippen LogP contribution in [0.15, 0.2) is 60.7 Å². The lowest BCUT2D eigenvalue weighted by Gasteiger charge is -1.90.